The minimum atomic E-state index is -0.790. The second-order valence-electron chi connectivity index (χ2n) is 6.04. The first-order valence-corrected chi connectivity index (χ1v) is 9.03. The monoisotopic (exact) mass is 305 g/mol. The maximum absolute atomic E-state index is 11.8. The molecule has 0 aromatic carbocycles. The largest absolute Gasteiger partial charge is 0.378 e. The maximum atomic E-state index is 11.8. The van der Waals surface area contributed by atoms with Gasteiger partial charge in [0, 0.05) is 15.2 Å². The predicted octanol–water partition coefficient (Wildman–Crippen LogP) is 3.53. The van der Waals surface area contributed by atoms with E-state index in [2.05, 4.69) is 39.9 Å². The van der Waals surface area contributed by atoms with E-state index in [0.29, 0.717) is 0 Å². The van der Waals surface area contributed by atoms with E-state index in [1.807, 2.05) is 0 Å². The van der Waals surface area contributed by atoms with Crippen LogP contribution in [-0.2, 0) is 5.60 Å². The van der Waals surface area contributed by atoms with Gasteiger partial charge in [-0.25, -0.2) is 0 Å². The van der Waals surface area contributed by atoms with Crippen LogP contribution < -0.4 is 0 Å². The van der Waals surface area contributed by atoms with Crippen LogP contribution in [0.3, 0.4) is 0 Å². The Kier molecular flexibility index (Phi) is 3.04. The molecule has 3 fully saturated rings. The van der Waals surface area contributed by atoms with Crippen LogP contribution in [0.15, 0.2) is 35.0 Å². The average molecular weight is 305 g/mol. The number of fused-ring (bicyclic) bond motifs is 3. The van der Waals surface area contributed by atoms with Crippen molar-refractivity contribution in [2.75, 3.05) is 19.6 Å². The minimum absolute atomic E-state index is 0.0253. The van der Waals surface area contributed by atoms with E-state index in [9.17, 15) is 5.11 Å². The van der Waals surface area contributed by atoms with E-state index < -0.39 is 5.60 Å². The highest BCUT2D eigenvalue weighted by Gasteiger charge is 2.56. The molecule has 3 aliphatic heterocycles. The number of nitrogens with zero attached hydrogens (tertiary/aromatic N) is 1. The van der Waals surface area contributed by atoms with Crippen molar-refractivity contribution in [3.8, 4) is 0 Å². The van der Waals surface area contributed by atoms with Crippen molar-refractivity contribution >= 4 is 22.7 Å². The Labute approximate surface area is 127 Å². The van der Waals surface area contributed by atoms with E-state index in [1.165, 1.54) is 0 Å². The minimum Gasteiger partial charge on any atom is -0.378 e. The standard InChI is InChI=1S/C16H19NOS2/c18-16(13-3-1-11-19-13,14-4-2-12-20-14)15-5-8-17(9-6-15)10-7-15/h1-4,11-12,18H,5-10H2. The molecule has 0 spiro atoms. The smallest absolute Gasteiger partial charge is 0.138 e. The fraction of sp³-hybridized carbons (Fsp3) is 0.500. The van der Waals surface area contributed by atoms with Crippen molar-refractivity contribution in [3.05, 3.63) is 44.8 Å². The van der Waals surface area contributed by atoms with Gasteiger partial charge in [-0.15, -0.1) is 22.7 Å². The summed E-state index contributed by atoms with van der Waals surface area (Å²) in [5.74, 6) is 0. The first kappa shape index (κ1) is 13.0. The molecule has 20 heavy (non-hydrogen) atoms. The molecule has 2 nitrogen and oxygen atoms in total. The third-order valence-corrected chi connectivity index (χ3v) is 7.20. The molecule has 0 unspecified atom stereocenters. The zero-order chi connectivity index (χ0) is 13.6. The van der Waals surface area contributed by atoms with Crippen LogP contribution in [0.5, 0.6) is 0 Å². The van der Waals surface area contributed by atoms with Crippen LogP contribution in [0.2, 0.25) is 0 Å². The molecule has 1 N–H and O–H groups in total. The van der Waals surface area contributed by atoms with E-state index >= 15 is 0 Å². The molecule has 5 rings (SSSR count). The number of hydrogen-bond donors (Lipinski definition) is 1. The topological polar surface area (TPSA) is 23.5 Å². The molecular formula is C16H19NOS2. The molecule has 3 aliphatic rings. The second-order valence-corrected chi connectivity index (χ2v) is 7.93. The van der Waals surface area contributed by atoms with Crippen LogP contribution in [0.4, 0.5) is 0 Å². The number of rotatable bonds is 3. The van der Waals surface area contributed by atoms with Gasteiger partial charge in [0.2, 0.25) is 0 Å². The third-order valence-electron chi connectivity index (χ3n) is 5.24. The Morgan fingerprint density at radius 3 is 1.85 bits per heavy atom. The zero-order valence-corrected chi connectivity index (χ0v) is 13.1. The molecule has 0 amide bonds. The molecule has 2 bridgehead atoms. The van der Waals surface area contributed by atoms with Gasteiger partial charge < -0.3 is 10.0 Å². The van der Waals surface area contributed by atoms with Crippen LogP contribution in [-0.4, -0.2) is 29.6 Å². The Morgan fingerprint density at radius 2 is 1.45 bits per heavy atom. The fourth-order valence-corrected chi connectivity index (χ4v) is 5.96. The molecule has 106 valence electrons. The molecule has 0 saturated carbocycles. The summed E-state index contributed by atoms with van der Waals surface area (Å²) in [7, 11) is 0. The SMILES string of the molecule is OC(c1cccs1)(c1cccs1)C12CCN(CC1)CC2. The number of thiophene rings is 2. The lowest BCUT2D eigenvalue weighted by Crippen LogP contribution is -2.57. The van der Waals surface area contributed by atoms with Gasteiger partial charge in [0.05, 0.1) is 0 Å². The highest BCUT2D eigenvalue weighted by Crippen LogP contribution is 2.57. The van der Waals surface area contributed by atoms with E-state index in [1.54, 1.807) is 22.7 Å². The van der Waals surface area contributed by atoms with Gasteiger partial charge in [0.1, 0.15) is 5.60 Å². The average Bonchev–Trinajstić information content (AvgIpc) is 3.22. The van der Waals surface area contributed by atoms with Gasteiger partial charge in [-0.3, -0.25) is 0 Å². The number of hydrogen-bond acceptors (Lipinski definition) is 4. The van der Waals surface area contributed by atoms with Gasteiger partial charge in [0.25, 0.3) is 0 Å². The van der Waals surface area contributed by atoms with Crippen molar-refractivity contribution in [2.45, 2.75) is 24.9 Å². The molecule has 4 heteroatoms. The summed E-state index contributed by atoms with van der Waals surface area (Å²) in [6, 6.07) is 8.35. The fourth-order valence-electron chi connectivity index (χ4n) is 3.98. The van der Waals surface area contributed by atoms with Gasteiger partial charge in [-0.2, -0.15) is 0 Å². The van der Waals surface area contributed by atoms with Gasteiger partial charge >= 0.3 is 0 Å². The van der Waals surface area contributed by atoms with Crippen molar-refractivity contribution < 1.29 is 5.11 Å². The highest BCUT2D eigenvalue weighted by molar-refractivity contribution is 7.11. The lowest BCUT2D eigenvalue weighted by Gasteiger charge is -2.55. The Balaban J connectivity index is 1.87. The summed E-state index contributed by atoms with van der Waals surface area (Å²) < 4.78 is 0. The molecule has 2 aromatic rings. The first-order chi connectivity index (χ1) is 9.75. The predicted molar refractivity (Wildman–Crippen MR) is 84.4 cm³/mol. The summed E-state index contributed by atoms with van der Waals surface area (Å²) in [6.45, 7) is 3.41. The second kappa shape index (κ2) is 4.67. The number of piperidine rings is 3. The molecule has 0 radical (unpaired) electrons. The van der Waals surface area contributed by atoms with Crippen molar-refractivity contribution in [1.82, 2.24) is 4.90 Å². The van der Waals surface area contributed by atoms with Crippen LogP contribution in [0, 0.1) is 5.41 Å². The summed E-state index contributed by atoms with van der Waals surface area (Å²) in [5.41, 5.74) is -0.765. The molecule has 0 aliphatic carbocycles. The van der Waals surface area contributed by atoms with E-state index in [4.69, 9.17) is 0 Å². The van der Waals surface area contributed by atoms with E-state index in [0.717, 1.165) is 48.7 Å². The van der Waals surface area contributed by atoms with Gasteiger partial charge in [0.15, 0.2) is 0 Å². The van der Waals surface area contributed by atoms with Crippen molar-refractivity contribution in [3.63, 3.8) is 0 Å². The lowest BCUT2D eigenvalue weighted by atomic mass is 9.60. The van der Waals surface area contributed by atoms with Crippen LogP contribution in [0.1, 0.15) is 29.0 Å². The Hall–Kier alpha value is -0.680. The number of aliphatic hydroxyl groups is 1. The molecule has 5 heterocycles. The maximum Gasteiger partial charge on any atom is 0.138 e. The summed E-state index contributed by atoms with van der Waals surface area (Å²) >= 11 is 3.39. The Bertz CT molecular complexity index is 520. The van der Waals surface area contributed by atoms with Crippen LogP contribution >= 0.6 is 22.7 Å². The van der Waals surface area contributed by atoms with Crippen LogP contribution in [0.25, 0.3) is 0 Å². The zero-order valence-electron chi connectivity index (χ0n) is 11.4. The Morgan fingerprint density at radius 1 is 0.950 bits per heavy atom. The quantitative estimate of drug-likeness (QED) is 0.937. The summed E-state index contributed by atoms with van der Waals surface area (Å²) in [4.78, 5) is 4.77. The third kappa shape index (κ3) is 1.69. The summed E-state index contributed by atoms with van der Waals surface area (Å²) in [6.07, 6.45) is 3.33. The van der Waals surface area contributed by atoms with Crippen molar-refractivity contribution in [1.29, 1.82) is 0 Å². The molecular weight excluding hydrogens is 286 g/mol. The summed E-state index contributed by atoms with van der Waals surface area (Å²) in [5, 5.41) is 16.0. The van der Waals surface area contributed by atoms with Gasteiger partial charge in [-0.1, -0.05) is 12.1 Å². The first-order valence-electron chi connectivity index (χ1n) is 7.27. The molecule has 2 aromatic heterocycles. The highest BCUT2D eigenvalue weighted by atomic mass is 32.1. The van der Waals surface area contributed by atoms with Gasteiger partial charge in [-0.05, 0) is 61.8 Å². The lowest BCUT2D eigenvalue weighted by molar-refractivity contribution is -0.121. The van der Waals surface area contributed by atoms with E-state index in [-0.39, 0.29) is 5.41 Å². The molecule has 0 atom stereocenters. The normalized spacial score (nSPS) is 29.8. The van der Waals surface area contributed by atoms with Crippen molar-refractivity contribution in [2.24, 2.45) is 5.41 Å². The molecule has 3 saturated heterocycles.